The molecule has 4 heterocycles. The van der Waals surface area contributed by atoms with Crippen molar-refractivity contribution >= 4 is 17.1 Å². The second kappa shape index (κ2) is 8.23. The van der Waals surface area contributed by atoms with Crippen LogP contribution in [0.4, 0.5) is 5.69 Å². The Hall–Kier alpha value is -3.90. The van der Waals surface area contributed by atoms with Crippen LogP contribution >= 0.6 is 0 Å². The van der Waals surface area contributed by atoms with Gasteiger partial charge in [-0.25, -0.2) is 4.98 Å². The molecule has 1 fully saturated rings. The molecule has 9 nitrogen and oxygen atoms in total. The van der Waals surface area contributed by atoms with Gasteiger partial charge in [-0.3, -0.25) is 18.9 Å². The Kier molecular flexibility index (Phi) is 5.32. The van der Waals surface area contributed by atoms with Crippen molar-refractivity contribution in [1.29, 1.82) is 5.26 Å². The summed E-state index contributed by atoms with van der Waals surface area (Å²) in [7, 11) is 0. The highest BCUT2D eigenvalue weighted by atomic mass is 16.3. The predicted octanol–water partition coefficient (Wildman–Crippen LogP) is 1.79. The Morgan fingerprint density at radius 1 is 1.17 bits per heavy atom. The Morgan fingerprint density at radius 2 is 1.97 bits per heavy atom. The Balaban J connectivity index is 1.54. The zero-order valence-corrected chi connectivity index (χ0v) is 16.1. The normalized spacial score (nSPS) is 14.4. The molecule has 4 rings (SSSR count). The van der Waals surface area contributed by atoms with Gasteiger partial charge in [0.15, 0.2) is 0 Å². The molecule has 0 unspecified atom stereocenters. The smallest absolute Gasteiger partial charge is 0.322 e. The zero-order chi connectivity index (χ0) is 21.1. The second-order valence-electron chi connectivity index (χ2n) is 7.02. The summed E-state index contributed by atoms with van der Waals surface area (Å²) in [5.41, 5.74) is 2.08. The van der Waals surface area contributed by atoms with Crippen LogP contribution in [0.25, 0.3) is 5.52 Å². The number of carbonyl (C=O) groups is 1. The summed E-state index contributed by atoms with van der Waals surface area (Å²) in [6, 6.07) is 12.4. The van der Waals surface area contributed by atoms with Crippen LogP contribution in [-0.2, 0) is 6.54 Å². The number of nitroso groups, excluding NO2 is 1. The fraction of sp³-hybridized carbons (Fsp3) is 0.238. The van der Waals surface area contributed by atoms with Gasteiger partial charge in [0.05, 0.1) is 17.4 Å². The number of carbonyl (C=O) groups excluding carboxylic acids is 1. The van der Waals surface area contributed by atoms with E-state index in [4.69, 9.17) is 5.26 Å². The average Bonchev–Trinajstić information content (AvgIpc) is 2.81. The summed E-state index contributed by atoms with van der Waals surface area (Å²) in [6.07, 6.45) is 3.29. The van der Waals surface area contributed by atoms with Crippen LogP contribution in [0, 0.1) is 16.2 Å². The molecular formula is C21H18N6O3. The third-order valence-electron chi connectivity index (χ3n) is 5.26. The van der Waals surface area contributed by atoms with Crippen molar-refractivity contribution in [3.8, 4) is 6.07 Å². The van der Waals surface area contributed by atoms with Gasteiger partial charge in [-0.1, -0.05) is 6.07 Å². The van der Waals surface area contributed by atoms with Gasteiger partial charge >= 0.3 is 5.91 Å². The van der Waals surface area contributed by atoms with Crippen molar-refractivity contribution in [2.24, 2.45) is 5.18 Å². The number of fused-ring (bicyclic) bond motifs is 1. The van der Waals surface area contributed by atoms with Crippen LogP contribution in [0.2, 0.25) is 0 Å². The maximum absolute atomic E-state index is 12.5. The van der Waals surface area contributed by atoms with Gasteiger partial charge in [-0.05, 0) is 35.9 Å². The van der Waals surface area contributed by atoms with E-state index in [2.05, 4.69) is 20.0 Å². The van der Waals surface area contributed by atoms with Crippen LogP contribution in [0.3, 0.4) is 0 Å². The van der Waals surface area contributed by atoms with E-state index in [1.165, 1.54) is 10.5 Å². The lowest BCUT2D eigenvalue weighted by molar-refractivity contribution is 0.0999. The maximum Gasteiger partial charge on any atom is 0.322 e. The minimum atomic E-state index is -1.06. The maximum atomic E-state index is 12.5. The SMILES string of the molecule is N#Cc1ccc(N2CCN(Cc3cc(C(=O)N=O)c(=O)n4ccccc34)CC2)cn1. The van der Waals surface area contributed by atoms with Crippen molar-refractivity contribution in [2.45, 2.75) is 6.54 Å². The van der Waals surface area contributed by atoms with Gasteiger partial charge in [0.25, 0.3) is 5.56 Å². The lowest BCUT2D eigenvalue weighted by Gasteiger charge is -2.36. The van der Waals surface area contributed by atoms with E-state index >= 15 is 0 Å². The predicted molar refractivity (Wildman–Crippen MR) is 110 cm³/mol. The number of piperazine rings is 1. The number of amides is 1. The van der Waals surface area contributed by atoms with Crippen molar-refractivity contribution < 1.29 is 4.79 Å². The molecule has 0 aromatic carbocycles. The Bertz CT molecular complexity index is 1200. The first-order chi connectivity index (χ1) is 14.6. The molecule has 9 heteroatoms. The molecule has 0 saturated carbocycles. The number of anilines is 1. The number of aromatic nitrogens is 2. The van der Waals surface area contributed by atoms with E-state index in [0.717, 1.165) is 37.4 Å². The fourth-order valence-electron chi connectivity index (χ4n) is 3.69. The van der Waals surface area contributed by atoms with Gasteiger partial charge in [0.2, 0.25) is 0 Å². The summed E-state index contributed by atoms with van der Waals surface area (Å²) >= 11 is 0. The Morgan fingerprint density at radius 3 is 2.63 bits per heavy atom. The largest absolute Gasteiger partial charge is 0.368 e. The summed E-state index contributed by atoms with van der Waals surface area (Å²) in [5, 5.41) is 11.3. The zero-order valence-electron chi connectivity index (χ0n) is 16.1. The van der Waals surface area contributed by atoms with Gasteiger partial charge < -0.3 is 4.90 Å². The summed E-state index contributed by atoms with van der Waals surface area (Å²) in [5.74, 6) is -1.06. The third kappa shape index (κ3) is 3.68. The van der Waals surface area contributed by atoms with Gasteiger partial charge in [-0.2, -0.15) is 5.26 Å². The summed E-state index contributed by atoms with van der Waals surface area (Å²) in [4.78, 5) is 43.6. The van der Waals surface area contributed by atoms with Crippen molar-refractivity contribution in [3.63, 3.8) is 0 Å². The lowest BCUT2D eigenvalue weighted by atomic mass is 10.1. The molecule has 0 aliphatic carbocycles. The number of hydrogen-bond acceptors (Lipinski definition) is 7. The molecule has 3 aromatic rings. The highest BCUT2D eigenvalue weighted by molar-refractivity contribution is 5.95. The molecule has 1 aliphatic heterocycles. The quantitative estimate of drug-likeness (QED) is 0.612. The topological polar surface area (TPSA) is 111 Å². The monoisotopic (exact) mass is 402 g/mol. The van der Waals surface area contributed by atoms with Crippen LogP contribution < -0.4 is 10.5 Å². The van der Waals surface area contributed by atoms with Crippen LogP contribution in [0.1, 0.15) is 21.6 Å². The highest BCUT2D eigenvalue weighted by Gasteiger charge is 2.21. The summed E-state index contributed by atoms with van der Waals surface area (Å²) < 4.78 is 1.38. The molecule has 0 spiro atoms. The van der Waals surface area contributed by atoms with Crippen LogP contribution in [0.5, 0.6) is 0 Å². The first kappa shape index (κ1) is 19.4. The number of nitrogens with zero attached hydrogens (tertiary/aromatic N) is 6. The van der Waals surface area contributed by atoms with Gasteiger partial charge in [-0.15, -0.1) is 4.91 Å². The van der Waals surface area contributed by atoms with E-state index in [-0.39, 0.29) is 5.56 Å². The van der Waals surface area contributed by atoms with E-state index in [1.807, 2.05) is 24.3 Å². The van der Waals surface area contributed by atoms with E-state index in [0.29, 0.717) is 17.8 Å². The molecule has 0 atom stereocenters. The minimum Gasteiger partial charge on any atom is -0.368 e. The molecule has 30 heavy (non-hydrogen) atoms. The van der Waals surface area contributed by atoms with Crippen molar-refractivity contribution in [1.82, 2.24) is 14.3 Å². The molecule has 3 aromatic heterocycles. The fourth-order valence-corrected chi connectivity index (χ4v) is 3.69. The van der Waals surface area contributed by atoms with Gasteiger partial charge in [0.1, 0.15) is 17.3 Å². The number of nitriles is 1. The molecular weight excluding hydrogens is 384 g/mol. The minimum absolute atomic E-state index is 0.217. The molecule has 1 aliphatic rings. The molecule has 0 N–H and O–H groups in total. The highest BCUT2D eigenvalue weighted by Crippen LogP contribution is 2.19. The van der Waals surface area contributed by atoms with Crippen LogP contribution in [0.15, 0.2) is 58.8 Å². The Labute approximate surface area is 171 Å². The number of hydrogen-bond donors (Lipinski definition) is 0. The number of rotatable bonds is 4. The van der Waals surface area contributed by atoms with Crippen molar-refractivity contribution in [2.75, 3.05) is 31.1 Å². The molecule has 0 bridgehead atoms. The lowest BCUT2D eigenvalue weighted by Crippen LogP contribution is -2.46. The second-order valence-corrected chi connectivity index (χ2v) is 7.02. The van der Waals surface area contributed by atoms with E-state index in [1.54, 1.807) is 24.5 Å². The standard InChI is InChI=1S/C21H18N6O3/c22-12-16-4-5-17(13-23-16)26-9-7-25(8-10-26)14-15-11-18(20(28)24-30)21(29)27-6-2-1-3-19(15)27/h1-6,11,13H,7-10,14H2. The number of pyridine rings is 3. The molecule has 1 amide bonds. The van der Waals surface area contributed by atoms with Crippen LogP contribution in [-0.4, -0.2) is 46.4 Å². The molecule has 150 valence electrons. The van der Waals surface area contributed by atoms with E-state index in [9.17, 15) is 14.5 Å². The first-order valence-corrected chi connectivity index (χ1v) is 9.45. The third-order valence-corrected chi connectivity index (χ3v) is 5.26. The van der Waals surface area contributed by atoms with E-state index < -0.39 is 11.5 Å². The average molecular weight is 402 g/mol. The molecule has 1 saturated heterocycles. The summed E-state index contributed by atoms with van der Waals surface area (Å²) in [6.45, 7) is 3.63. The molecule has 0 radical (unpaired) electrons. The van der Waals surface area contributed by atoms with Crippen molar-refractivity contribution in [3.05, 3.63) is 80.9 Å². The van der Waals surface area contributed by atoms with Gasteiger partial charge in [0, 0.05) is 44.1 Å². The first-order valence-electron chi connectivity index (χ1n) is 9.45.